The number of hydrogen-bond donors (Lipinski definition) is 2. The molecule has 0 bridgehead atoms. The maximum Gasteiger partial charge on any atom is 0.305 e. The number of nitrogens with one attached hydrogen (secondary N) is 1. The van der Waals surface area contributed by atoms with Gasteiger partial charge in [-0.2, -0.15) is 0 Å². The molecule has 2 rings (SSSR count). The first-order valence-electron chi connectivity index (χ1n) is 6.12. The minimum atomic E-state index is -0.993. The number of aliphatic carboxylic acids is 1. The van der Waals surface area contributed by atoms with E-state index in [1.807, 2.05) is 0 Å². The molecular formula is C13H14BrNO5. The molecule has 1 atom stereocenters. The van der Waals surface area contributed by atoms with Gasteiger partial charge in [0.2, 0.25) is 6.41 Å². The molecule has 2 N–H and O–H groups in total. The van der Waals surface area contributed by atoms with Gasteiger partial charge in [-0.05, 0) is 33.6 Å². The normalized spacial score (nSPS) is 15.1. The average Bonchev–Trinajstić information content (AvgIpc) is 2.63. The Hall–Kier alpha value is -1.76. The number of halogens is 1. The van der Waals surface area contributed by atoms with Crippen molar-refractivity contribution in [2.24, 2.45) is 0 Å². The molecule has 1 heterocycles. The van der Waals surface area contributed by atoms with E-state index in [1.165, 1.54) is 0 Å². The van der Waals surface area contributed by atoms with E-state index in [0.29, 0.717) is 41.2 Å². The number of hydrogen-bond acceptors (Lipinski definition) is 4. The molecule has 6 nitrogen and oxygen atoms in total. The van der Waals surface area contributed by atoms with Gasteiger partial charge in [-0.25, -0.2) is 0 Å². The van der Waals surface area contributed by atoms with Crippen molar-refractivity contribution in [2.75, 3.05) is 13.2 Å². The second kappa shape index (κ2) is 6.60. The van der Waals surface area contributed by atoms with Gasteiger partial charge in [0, 0.05) is 6.42 Å². The number of rotatable bonds is 5. The number of fused-ring (bicyclic) bond motifs is 1. The van der Waals surface area contributed by atoms with Gasteiger partial charge < -0.3 is 19.9 Å². The first-order valence-corrected chi connectivity index (χ1v) is 6.91. The van der Waals surface area contributed by atoms with Crippen molar-refractivity contribution in [1.82, 2.24) is 5.32 Å². The summed E-state index contributed by atoms with van der Waals surface area (Å²) in [5.74, 6) is 0.161. The van der Waals surface area contributed by atoms with E-state index in [9.17, 15) is 9.59 Å². The Labute approximate surface area is 124 Å². The van der Waals surface area contributed by atoms with Gasteiger partial charge in [0.05, 0.1) is 30.1 Å². The van der Waals surface area contributed by atoms with Gasteiger partial charge in [-0.3, -0.25) is 9.59 Å². The van der Waals surface area contributed by atoms with E-state index < -0.39 is 12.0 Å². The summed E-state index contributed by atoms with van der Waals surface area (Å²) in [7, 11) is 0. The van der Waals surface area contributed by atoms with Crippen LogP contribution in [0.1, 0.15) is 24.4 Å². The number of carboxylic acids is 1. The van der Waals surface area contributed by atoms with Crippen LogP contribution in [0, 0.1) is 0 Å². The van der Waals surface area contributed by atoms with E-state index in [2.05, 4.69) is 21.2 Å². The monoisotopic (exact) mass is 343 g/mol. The summed E-state index contributed by atoms with van der Waals surface area (Å²) in [6.45, 7) is 1.10. The molecule has 0 fully saturated rings. The second-order valence-electron chi connectivity index (χ2n) is 4.32. The van der Waals surface area contributed by atoms with Crippen LogP contribution in [0.5, 0.6) is 11.5 Å². The van der Waals surface area contributed by atoms with Crippen LogP contribution in [-0.2, 0) is 9.59 Å². The molecule has 20 heavy (non-hydrogen) atoms. The van der Waals surface area contributed by atoms with Crippen molar-refractivity contribution < 1.29 is 24.2 Å². The van der Waals surface area contributed by atoms with Gasteiger partial charge in [0.25, 0.3) is 0 Å². The molecule has 7 heteroatoms. The zero-order chi connectivity index (χ0) is 14.5. The van der Waals surface area contributed by atoms with Crippen LogP contribution in [0.15, 0.2) is 16.6 Å². The van der Waals surface area contributed by atoms with Crippen molar-refractivity contribution in [1.29, 1.82) is 0 Å². The molecule has 0 saturated carbocycles. The molecule has 0 spiro atoms. The topological polar surface area (TPSA) is 84.9 Å². The van der Waals surface area contributed by atoms with E-state index in [1.54, 1.807) is 12.1 Å². The lowest BCUT2D eigenvalue weighted by Gasteiger charge is -2.17. The molecule has 0 radical (unpaired) electrons. The van der Waals surface area contributed by atoms with Gasteiger partial charge in [-0.15, -0.1) is 0 Å². The summed E-state index contributed by atoms with van der Waals surface area (Å²) in [4.78, 5) is 21.5. The molecule has 1 aromatic carbocycles. The first kappa shape index (κ1) is 14.6. The van der Waals surface area contributed by atoms with Crippen LogP contribution in [-0.4, -0.2) is 30.7 Å². The van der Waals surface area contributed by atoms with Crippen molar-refractivity contribution >= 4 is 28.3 Å². The SMILES string of the molecule is O=CN[C@@H](CC(=O)O)c1cc(Br)c2c(c1)OCCCO2. The number of carbonyl (C=O) groups is 2. The van der Waals surface area contributed by atoms with Gasteiger partial charge in [-0.1, -0.05) is 0 Å². The van der Waals surface area contributed by atoms with Gasteiger partial charge in [0.15, 0.2) is 11.5 Å². The van der Waals surface area contributed by atoms with Crippen molar-refractivity contribution in [3.8, 4) is 11.5 Å². The fraction of sp³-hybridized carbons (Fsp3) is 0.385. The third-order valence-corrected chi connectivity index (χ3v) is 3.46. The van der Waals surface area contributed by atoms with E-state index >= 15 is 0 Å². The largest absolute Gasteiger partial charge is 0.490 e. The molecule has 1 amide bonds. The summed E-state index contributed by atoms with van der Waals surface area (Å²) in [6, 6.07) is 2.83. The number of ether oxygens (including phenoxy) is 2. The quantitative estimate of drug-likeness (QED) is 0.797. The summed E-state index contributed by atoms with van der Waals surface area (Å²) >= 11 is 3.38. The summed E-state index contributed by atoms with van der Waals surface area (Å²) in [6.07, 6.45) is 1.07. The van der Waals surface area contributed by atoms with Crippen LogP contribution in [0.25, 0.3) is 0 Å². The second-order valence-corrected chi connectivity index (χ2v) is 5.17. The van der Waals surface area contributed by atoms with Crippen LogP contribution in [0.3, 0.4) is 0 Å². The zero-order valence-corrected chi connectivity index (χ0v) is 12.2. The molecular weight excluding hydrogens is 330 g/mol. The Morgan fingerprint density at radius 3 is 2.90 bits per heavy atom. The molecule has 0 saturated heterocycles. The average molecular weight is 344 g/mol. The molecule has 108 valence electrons. The third kappa shape index (κ3) is 3.41. The predicted molar refractivity (Wildman–Crippen MR) is 73.9 cm³/mol. The molecule has 1 aromatic rings. The highest BCUT2D eigenvalue weighted by Crippen LogP contribution is 2.39. The highest BCUT2D eigenvalue weighted by Gasteiger charge is 2.21. The van der Waals surface area contributed by atoms with Crippen molar-refractivity contribution in [3.05, 3.63) is 22.2 Å². The fourth-order valence-electron chi connectivity index (χ4n) is 1.98. The first-order chi connectivity index (χ1) is 9.61. The lowest BCUT2D eigenvalue weighted by atomic mass is 10.0. The lowest BCUT2D eigenvalue weighted by Crippen LogP contribution is -2.22. The number of amides is 1. The smallest absolute Gasteiger partial charge is 0.305 e. The van der Waals surface area contributed by atoms with Gasteiger partial charge >= 0.3 is 5.97 Å². The Morgan fingerprint density at radius 2 is 2.20 bits per heavy atom. The summed E-state index contributed by atoms with van der Waals surface area (Å²) in [5, 5.41) is 11.4. The molecule has 0 unspecified atom stereocenters. The van der Waals surface area contributed by atoms with E-state index in [-0.39, 0.29) is 6.42 Å². The van der Waals surface area contributed by atoms with E-state index in [0.717, 1.165) is 6.42 Å². The highest BCUT2D eigenvalue weighted by atomic mass is 79.9. The number of carbonyl (C=O) groups excluding carboxylic acids is 1. The minimum Gasteiger partial charge on any atom is -0.490 e. The predicted octanol–water partition coefficient (Wildman–Crippen LogP) is 1.87. The zero-order valence-electron chi connectivity index (χ0n) is 10.6. The Kier molecular flexibility index (Phi) is 4.84. The van der Waals surface area contributed by atoms with Crippen LogP contribution in [0.4, 0.5) is 0 Å². The van der Waals surface area contributed by atoms with Crippen LogP contribution >= 0.6 is 15.9 Å². The fourth-order valence-corrected chi connectivity index (χ4v) is 2.56. The maximum atomic E-state index is 10.9. The molecule has 1 aliphatic heterocycles. The molecule has 1 aliphatic rings. The Balaban J connectivity index is 2.35. The van der Waals surface area contributed by atoms with Crippen molar-refractivity contribution in [2.45, 2.75) is 18.9 Å². The molecule has 0 aromatic heterocycles. The van der Waals surface area contributed by atoms with E-state index in [4.69, 9.17) is 14.6 Å². The number of benzene rings is 1. The van der Waals surface area contributed by atoms with Crippen LogP contribution in [0.2, 0.25) is 0 Å². The Bertz CT molecular complexity index is 520. The third-order valence-electron chi connectivity index (χ3n) is 2.87. The standard InChI is InChI=1S/C13H14BrNO5/c14-9-4-8(10(15-7-16)6-12(17)18)5-11-13(9)20-3-1-2-19-11/h4-5,7,10H,1-3,6H2,(H,15,16)(H,17,18)/t10-/m0/s1. The Morgan fingerprint density at radius 1 is 1.45 bits per heavy atom. The lowest BCUT2D eigenvalue weighted by molar-refractivity contribution is -0.137. The van der Waals surface area contributed by atoms with Gasteiger partial charge in [0.1, 0.15) is 0 Å². The minimum absolute atomic E-state index is 0.204. The number of carboxylic acid groups (broad SMARTS) is 1. The summed E-state index contributed by atoms with van der Waals surface area (Å²) in [5.41, 5.74) is 0.649. The van der Waals surface area contributed by atoms with Crippen LogP contribution < -0.4 is 14.8 Å². The highest BCUT2D eigenvalue weighted by molar-refractivity contribution is 9.10. The maximum absolute atomic E-state index is 10.9. The summed E-state index contributed by atoms with van der Waals surface area (Å²) < 4.78 is 11.8. The van der Waals surface area contributed by atoms with Crippen molar-refractivity contribution in [3.63, 3.8) is 0 Å². The molecule has 0 aliphatic carbocycles.